The Kier molecular flexibility index (Phi) is 6.47. The van der Waals surface area contributed by atoms with Crippen LogP contribution in [0.3, 0.4) is 0 Å². The Labute approximate surface area is 180 Å². The van der Waals surface area contributed by atoms with Crippen molar-refractivity contribution in [1.29, 1.82) is 0 Å². The molecule has 0 amide bonds. The zero-order valence-corrected chi connectivity index (χ0v) is 17.1. The van der Waals surface area contributed by atoms with E-state index < -0.39 is 6.36 Å². The molecule has 0 spiro atoms. The smallest absolute Gasteiger partial charge is 0.406 e. The summed E-state index contributed by atoms with van der Waals surface area (Å²) in [5.74, 6) is 0.508. The largest absolute Gasteiger partial charge is 0.573 e. The van der Waals surface area contributed by atoms with E-state index in [1.165, 1.54) is 36.0 Å². The Hall–Kier alpha value is -2.59. The second-order valence-corrected chi connectivity index (χ2v) is 7.98. The standard InChI is InChI=1S/C21H19F4N3O2S/c22-16-7-5-15(6-8-16)19-26-27-20(28(19)12-18-2-1-11-29-18)31-13-14-3-9-17(10-4-14)30-21(23,24)25/h3-10,18H,1-2,11-13H2. The van der Waals surface area contributed by atoms with Crippen molar-refractivity contribution in [3.05, 3.63) is 59.9 Å². The maximum absolute atomic E-state index is 13.3. The van der Waals surface area contributed by atoms with Crippen LogP contribution in [0.15, 0.2) is 53.7 Å². The Bertz CT molecular complexity index is 1000. The lowest BCUT2D eigenvalue weighted by Crippen LogP contribution is -2.17. The highest BCUT2D eigenvalue weighted by Gasteiger charge is 2.31. The maximum atomic E-state index is 13.3. The summed E-state index contributed by atoms with van der Waals surface area (Å²) in [6, 6.07) is 11.8. The van der Waals surface area contributed by atoms with Crippen molar-refractivity contribution >= 4 is 11.8 Å². The van der Waals surface area contributed by atoms with Crippen LogP contribution in [0.25, 0.3) is 11.4 Å². The third-order valence-electron chi connectivity index (χ3n) is 4.75. The molecule has 1 saturated heterocycles. The van der Waals surface area contributed by atoms with Gasteiger partial charge in [0.2, 0.25) is 0 Å². The van der Waals surface area contributed by atoms with E-state index in [0.717, 1.165) is 24.0 Å². The first-order valence-corrected chi connectivity index (χ1v) is 10.6. The van der Waals surface area contributed by atoms with Gasteiger partial charge in [-0.25, -0.2) is 4.39 Å². The fraction of sp³-hybridized carbons (Fsp3) is 0.333. The van der Waals surface area contributed by atoms with E-state index >= 15 is 0 Å². The van der Waals surface area contributed by atoms with Crippen LogP contribution in [0.5, 0.6) is 5.75 Å². The summed E-state index contributed by atoms with van der Waals surface area (Å²) in [6.45, 7) is 1.29. The molecule has 0 aliphatic carbocycles. The lowest BCUT2D eigenvalue weighted by molar-refractivity contribution is -0.274. The number of hydrogen-bond donors (Lipinski definition) is 0. The number of benzene rings is 2. The number of aromatic nitrogens is 3. The molecule has 2 heterocycles. The normalized spacial score (nSPS) is 16.6. The van der Waals surface area contributed by atoms with Gasteiger partial charge in [-0.05, 0) is 54.8 Å². The summed E-state index contributed by atoms with van der Waals surface area (Å²) >= 11 is 1.42. The van der Waals surface area contributed by atoms with Crippen LogP contribution in [0.2, 0.25) is 0 Å². The Balaban J connectivity index is 1.51. The monoisotopic (exact) mass is 453 g/mol. The highest BCUT2D eigenvalue weighted by atomic mass is 32.2. The van der Waals surface area contributed by atoms with Crippen molar-refractivity contribution in [2.45, 2.75) is 42.8 Å². The number of thioether (sulfide) groups is 1. The number of hydrogen-bond acceptors (Lipinski definition) is 5. The van der Waals surface area contributed by atoms with Gasteiger partial charge in [0, 0.05) is 17.9 Å². The van der Waals surface area contributed by atoms with Crippen LogP contribution in [-0.2, 0) is 17.0 Å². The molecule has 5 nitrogen and oxygen atoms in total. The van der Waals surface area contributed by atoms with Gasteiger partial charge in [-0.15, -0.1) is 23.4 Å². The van der Waals surface area contributed by atoms with E-state index in [-0.39, 0.29) is 17.7 Å². The maximum Gasteiger partial charge on any atom is 0.573 e. The van der Waals surface area contributed by atoms with Crippen LogP contribution in [0.1, 0.15) is 18.4 Å². The SMILES string of the molecule is Fc1ccc(-c2nnc(SCc3ccc(OC(F)(F)F)cc3)n2CC2CCCO2)cc1. The van der Waals surface area contributed by atoms with Gasteiger partial charge in [0.05, 0.1) is 12.6 Å². The molecule has 4 rings (SSSR count). The summed E-state index contributed by atoms with van der Waals surface area (Å²) in [5.41, 5.74) is 1.56. The van der Waals surface area contributed by atoms with E-state index in [0.29, 0.717) is 29.9 Å². The molecule has 164 valence electrons. The van der Waals surface area contributed by atoms with E-state index in [9.17, 15) is 17.6 Å². The Morgan fingerprint density at radius 1 is 1.06 bits per heavy atom. The van der Waals surface area contributed by atoms with Crippen molar-refractivity contribution in [3.63, 3.8) is 0 Å². The molecule has 1 unspecified atom stereocenters. The second kappa shape index (κ2) is 9.27. The molecule has 1 atom stereocenters. The van der Waals surface area contributed by atoms with Gasteiger partial charge in [0.1, 0.15) is 11.6 Å². The first-order chi connectivity index (χ1) is 14.9. The molecule has 0 radical (unpaired) electrons. The first-order valence-electron chi connectivity index (χ1n) is 9.65. The quantitative estimate of drug-likeness (QED) is 0.352. The molecule has 3 aromatic rings. The van der Waals surface area contributed by atoms with Gasteiger partial charge >= 0.3 is 6.36 Å². The van der Waals surface area contributed by atoms with Crippen LogP contribution < -0.4 is 4.74 Å². The van der Waals surface area contributed by atoms with Crippen molar-refractivity contribution in [2.75, 3.05) is 6.61 Å². The van der Waals surface area contributed by atoms with Gasteiger partial charge in [-0.1, -0.05) is 23.9 Å². The van der Waals surface area contributed by atoms with Crippen molar-refractivity contribution in [1.82, 2.24) is 14.8 Å². The zero-order chi connectivity index (χ0) is 21.8. The highest BCUT2D eigenvalue weighted by Crippen LogP contribution is 2.29. The lowest BCUT2D eigenvalue weighted by Gasteiger charge is -2.15. The van der Waals surface area contributed by atoms with E-state index in [1.807, 2.05) is 4.57 Å². The predicted octanol–water partition coefficient (Wildman–Crippen LogP) is 5.45. The molecule has 10 heteroatoms. The third kappa shape index (κ3) is 5.76. The fourth-order valence-electron chi connectivity index (χ4n) is 3.30. The first kappa shape index (κ1) is 21.6. The number of alkyl halides is 3. The molecule has 1 aromatic heterocycles. The zero-order valence-electron chi connectivity index (χ0n) is 16.3. The van der Waals surface area contributed by atoms with E-state index in [2.05, 4.69) is 14.9 Å². The highest BCUT2D eigenvalue weighted by molar-refractivity contribution is 7.98. The summed E-state index contributed by atoms with van der Waals surface area (Å²) in [4.78, 5) is 0. The van der Waals surface area contributed by atoms with E-state index in [1.54, 1.807) is 24.3 Å². The fourth-order valence-corrected chi connectivity index (χ4v) is 4.20. The molecule has 2 aromatic carbocycles. The molecule has 1 fully saturated rings. The van der Waals surface area contributed by atoms with Gasteiger partial charge in [-0.2, -0.15) is 0 Å². The summed E-state index contributed by atoms with van der Waals surface area (Å²) in [5, 5.41) is 9.24. The molecule has 1 aliphatic heterocycles. The van der Waals surface area contributed by atoms with E-state index in [4.69, 9.17) is 4.74 Å². The molecule has 1 aliphatic rings. The minimum absolute atomic E-state index is 0.0494. The third-order valence-corrected chi connectivity index (χ3v) is 5.79. The van der Waals surface area contributed by atoms with Crippen LogP contribution in [-0.4, -0.2) is 33.8 Å². The van der Waals surface area contributed by atoms with Crippen LogP contribution >= 0.6 is 11.8 Å². The molecule has 31 heavy (non-hydrogen) atoms. The van der Waals surface area contributed by atoms with Crippen LogP contribution in [0, 0.1) is 5.82 Å². The average molecular weight is 453 g/mol. The average Bonchev–Trinajstić information content (AvgIpc) is 3.38. The number of halogens is 4. The van der Waals surface area contributed by atoms with Crippen molar-refractivity contribution in [3.8, 4) is 17.1 Å². The molecule has 0 saturated carbocycles. The molecule has 0 N–H and O–H groups in total. The summed E-state index contributed by atoms with van der Waals surface area (Å²) < 4.78 is 61.9. The molecule has 0 bridgehead atoms. The topological polar surface area (TPSA) is 49.2 Å². The van der Waals surface area contributed by atoms with Gasteiger partial charge < -0.3 is 9.47 Å². The number of ether oxygens (including phenoxy) is 2. The second-order valence-electron chi connectivity index (χ2n) is 7.04. The van der Waals surface area contributed by atoms with Crippen LogP contribution in [0.4, 0.5) is 17.6 Å². The summed E-state index contributed by atoms with van der Waals surface area (Å²) in [7, 11) is 0. The number of rotatable bonds is 7. The Morgan fingerprint density at radius 2 is 1.81 bits per heavy atom. The minimum atomic E-state index is -4.72. The van der Waals surface area contributed by atoms with Gasteiger partial charge in [-0.3, -0.25) is 4.57 Å². The molecular formula is C21H19F4N3O2S. The lowest BCUT2D eigenvalue weighted by atomic mass is 10.2. The summed E-state index contributed by atoms with van der Waals surface area (Å²) in [6.07, 6.45) is -2.74. The number of nitrogens with zero attached hydrogens (tertiary/aromatic N) is 3. The minimum Gasteiger partial charge on any atom is -0.406 e. The predicted molar refractivity (Wildman–Crippen MR) is 107 cm³/mol. The Morgan fingerprint density at radius 3 is 2.45 bits per heavy atom. The van der Waals surface area contributed by atoms with Crippen molar-refractivity contribution < 1.29 is 27.0 Å². The van der Waals surface area contributed by atoms with Crippen molar-refractivity contribution in [2.24, 2.45) is 0 Å². The van der Waals surface area contributed by atoms with Gasteiger partial charge in [0.15, 0.2) is 11.0 Å². The van der Waals surface area contributed by atoms with Gasteiger partial charge in [0.25, 0.3) is 0 Å². The molecular weight excluding hydrogens is 434 g/mol.